The van der Waals surface area contributed by atoms with Crippen LogP contribution in [0.2, 0.25) is 0 Å². The largest absolute Gasteiger partial charge is 0.351 e. The Labute approximate surface area is 150 Å². The van der Waals surface area contributed by atoms with Crippen LogP contribution in [0.1, 0.15) is 21.5 Å². The lowest BCUT2D eigenvalue weighted by Gasteiger charge is -2.11. The van der Waals surface area contributed by atoms with Gasteiger partial charge in [-0.3, -0.25) is 9.48 Å². The number of nitrogens with two attached hydrogens (primary N) is 1. The number of amides is 3. The van der Waals surface area contributed by atoms with Crippen LogP contribution in [0.25, 0.3) is 0 Å². The SMILES string of the molecule is NC(=O)Nc1cccc(C(=O)NCc2ccccc2Cn2cccn2)c1. The molecule has 0 spiro atoms. The Balaban J connectivity index is 1.67. The van der Waals surface area contributed by atoms with Gasteiger partial charge in [0.1, 0.15) is 0 Å². The van der Waals surface area contributed by atoms with E-state index in [-0.39, 0.29) is 5.91 Å². The molecule has 0 saturated carbocycles. The number of hydrogen-bond acceptors (Lipinski definition) is 3. The highest BCUT2D eigenvalue weighted by Gasteiger charge is 2.09. The molecule has 1 heterocycles. The first-order valence-electron chi connectivity index (χ1n) is 8.11. The molecule has 0 bridgehead atoms. The molecule has 0 radical (unpaired) electrons. The number of carbonyl (C=O) groups excluding carboxylic acids is 2. The standard InChI is InChI=1S/C19H19N5O2/c20-19(26)23-17-8-3-7-14(11-17)18(25)21-12-15-5-1-2-6-16(15)13-24-10-4-9-22-24/h1-11H,12-13H2,(H,21,25)(H3,20,23,26). The van der Waals surface area contributed by atoms with Gasteiger partial charge >= 0.3 is 6.03 Å². The predicted octanol–water partition coefficient (Wildman–Crippen LogP) is 2.35. The summed E-state index contributed by atoms with van der Waals surface area (Å²) in [5.41, 5.74) is 8.12. The highest BCUT2D eigenvalue weighted by Crippen LogP contribution is 2.13. The first kappa shape index (κ1) is 17.2. The molecule has 132 valence electrons. The van der Waals surface area contributed by atoms with Crippen molar-refractivity contribution in [2.75, 3.05) is 5.32 Å². The van der Waals surface area contributed by atoms with Crippen molar-refractivity contribution in [1.29, 1.82) is 0 Å². The molecule has 0 aliphatic heterocycles. The Kier molecular flexibility index (Phi) is 5.28. The Bertz CT molecular complexity index is 906. The van der Waals surface area contributed by atoms with Crippen LogP contribution in [-0.2, 0) is 13.1 Å². The molecule has 7 heteroatoms. The molecule has 7 nitrogen and oxygen atoms in total. The molecule has 0 aliphatic carbocycles. The number of carbonyl (C=O) groups is 2. The number of anilines is 1. The van der Waals surface area contributed by atoms with Crippen molar-refractivity contribution < 1.29 is 9.59 Å². The lowest BCUT2D eigenvalue weighted by Crippen LogP contribution is -2.24. The highest BCUT2D eigenvalue weighted by atomic mass is 16.2. The van der Waals surface area contributed by atoms with Gasteiger partial charge in [0.25, 0.3) is 5.91 Å². The lowest BCUT2D eigenvalue weighted by atomic mass is 10.1. The van der Waals surface area contributed by atoms with Crippen LogP contribution in [0.3, 0.4) is 0 Å². The van der Waals surface area contributed by atoms with Gasteiger partial charge in [-0.2, -0.15) is 5.10 Å². The summed E-state index contributed by atoms with van der Waals surface area (Å²) < 4.78 is 1.83. The van der Waals surface area contributed by atoms with E-state index in [4.69, 9.17) is 5.73 Å². The Morgan fingerprint density at radius 3 is 2.58 bits per heavy atom. The molecule has 3 aromatic rings. The summed E-state index contributed by atoms with van der Waals surface area (Å²) >= 11 is 0. The minimum Gasteiger partial charge on any atom is -0.351 e. The second kappa shape index (κ2) is 7.98. The minimum atomic E-state index is -0.671. The van der Waals surface area contributed by atoms with Gasteiger partial charge in [0.2, 0.25) is 0 Å². The molecule has 4 N–H and O–H groups in total. The maximum atomic E-state index is 12.4. The molecule has 3 rings (SSSR count). The Hall–Kier alpha value is -3.61. The molecular formula is C19H19N5O2. The second-order valence-electron chi connectivity index (χ2n) is 5.73. The molecule has 1 aromatic heterocycles. The molecule has 0 atom stereocenters. The van der Waals surface area contributed by atoms with Gasteiger partial charge in [-0.05, 0) is 35.4 Å². The maximum Gasteiger partial charge on any atom is 0.316 e. The summed E-state index contributed by atoms with van der Waals surface area (Å²) in [6.07, 6.45) is 3.63. The normalized spacial score (nSPS) is 10.3. The van der Waals surface area contributed by atoms with E-state index in [1.807, 2.05) is 41.2 Å². The van der Waals surface area contributed by atoms with Crippen molar-refractivity contribution in [2.24, 2.45) is 5.73 Å². The average molecular weight is 349 g/mol. The summed E-state index contributed by atoms with van der Waals surface area (Å²) in [4.78, 5) is 23.3. The maximum absolute atomic E-state index is 12.4. The van der Waals surface area contributed by atoms with Gasteiger partial charge in [-0.25, -0.2) is 4.79 Å². The van der Waals surface area contributed by atoms with E-state index < -0.39 is 6.03 Å². The Morgan fingerprint density at radius 1 is 1.04 bits per heavy atom. The second-order valence-corrected chi connectivity index (χ2v) is 5.73. The van der Waals surface area contributed by atoms with Crippen LogP contribution in [0.5, 0.6) is 0 Å². The van der Waals surface area contributed by atoms with Crippen molar-refractivity contribution in [1.82, 2.24) is 15.1 Å². The fourth-order valence-electron chi connectivity index (χ4n) is 2.61. The van der Waals surface area contributed by atoms with Gasteiger partial charge in [0, 0.05) is 30.2 Å². The fraction of sp³-hybridized carbons (Fsp3) is 0.105. The third kappa shape index (κ3) is 4.47. The topological polar surface area (TPSA) is 102 Å². The van der Waals surface area contributed by atoms with Crippen molar-refractivity contribution >= 4 is 17.6 Å². The predicted molar refractivity (Wildman–Crippen MR) is 98.6 cm³/mol. The van der Waals surface area contributed by atoms with Crippen molar-refractivity contribution in [2.45, 2.75) is 13.1 Å². The fourth-order valence-corrected chi connectivity index (χ4v) is 2.61. The van der Waals surface area contributed by atoms with Crippen LogP contribution < -0.4 is 16.4 Å². The van der Waals surface area contributed by atoms with Crippen LogP contribution in [0.15, 0.2) is 67.0 Å². The summed E-state index contributed by atoms with van der Waals surface area (Å²) in [7, 11) is 0. The third-order valence-electron chi connectivity index (χ3n) is 3.84. The first-order chi connectivity index (χ1) is 12.6. The quantitative estimate of drug-likeness (QED) is 0.636. The van der Waals surface area contributed by atoms with E-state index in [2.05, 4.69) is 15.7 Å². The minimum absolute atomic E-state index is 0.230. The number of urea groups is 1. The molecule has 0 saturated heterocycles. The van der Waals surface area contributed by atoms with Gasteiger partial charge < -0.3 is 16.4 Å². The van der Waals surface area contributed by atoms with Crippen molar-refractivity contribution in [3.63, 3.8) is 0 Å². The van der Waals surface area contributed by atoms with Gasteiger partial charge in [0.05, 0.1) is 6.54 Å². The monoisotopic (exact) mass is 349 g/mol. The van der Waals surface area contributed by atoms with Gasteiger partial charge in [-0.1, -0.05) is 30.3 Å². The van der Waals surface area contributed by atoms with Crippen LogP contribution in [-0.4, -0.2) is 21.7 Å². The van der Waals surface area contributed by atoms with Gasteiger partial charge in [0.15, 0.2) is 0 Å². The molecule has 2 aromatic carbocycles. The van der Waals surface area contributed by atoms with E-state index >= 15 is 0 Å². The molecule has 26 heavy (non-hydrogen) atoms. The summed E-state index contributed by atoms with van der Waals surface area (Å²) in [5.74, 6) is -0.230. The molecule has 0 unspecified atom stereocenters. The lowest BCUT2D eigenvalue weighted by molar-refractivity contribution is 0.0951. The van der Waals surface area contributed by atoms with Crippen LogP contribution >= 0.6 is 0 Å². The van der Waals surface area contributed by atoms with Crippen molar-refractivity contribution in [3.05, 3.63) is 83.7 Å². The number of nitrogens with one attached hydrogen (secondary N) is 2. The average Bonchev–Trinajstić information content (AvgIpc) is 3.13. The Morgan fingerprint density at radius 2 is 1.85 bits per heavy atom. The number of nitrogens with zero attached hydrogens (tertiary/aromatic N) is 2. The van der Waals surface area contributed by atoms with E-state index in [1.165, 1.54) is 0 Å². The van der Waals surface area contributed by atoms with E-state index in [1.54, 1.807) is 30.5 Å². The van der Waals surface area contributed by atoms with Crippen molar-refractivity contribution in [3.8, 4) is 0 Å². The zero-order chi connectivity index (χ0) is 18.4. The number of primary amides is 1. The molecule has 0 fully saturated rings. The smallest absolute Gasteiger partial charge is 0.316 e. The zero-order valence-corrected chi connectivity index (χ0v) is 14.1. The summed E-state index contributed by atoms with van der Waals surface area (Å²) in [6.45, 7) is 1.03. The number of hydrogen-bond donors (Lipinski definition) is 3. The highest BCUT2D eigenvalue weighted by molar-refractivity contribution is 5.96. The molecular weight excluding hydrogens is 330 g/mol. The third-order valence-corrected chi connectivity index (χ3v) is 3.84. The van der Waals surface area contributed by atoms with Crippen LogP contribution in [0, 0.1) is 0 Å². The zero-order valence-electron chi connectivity index (χ0n) is 14.1. The van der Waals surface area contributed by atoms with Crippen LogP contribution in [0.4, 0.5) is 10.5 Å². The number of benzene rings is 2. The van der Waals surface area contributed by atoms with E-state index in [0.29, 0.717) is 24.3 Å². The summed E-state index contributed by atoms with van der Waals surface area (Å²) in [5, 5.41) is 9.57. The molecule has 3 amide bonds. The van der Waals surface area contributed by atoms with E-state index in [9.17, 15) is 9.59 Å². The van der Waals surface area contributed by atoms with Gasteiger partial charge in [-0.15, -0.1) is 0 Å². The number of aromatic nitrogens is 2. The first-order valence-corrected chi connectivity index (χ1v) is 8.11. The summed E-state index contributed by atoms with van der Waals surface area (Å²) in [6, 6.07) is 15.7. The molecule has 0 aliphatic rings. The number of rotatable bonds is 6. The van der Waals surface area contributed by atoms with E-state index in [0.717, 1.165) is 11.1 Å².